The van der Waals surface area contributed by atoms with Crippen LogP contribution in [-0.4, -0.2) is 45.7 Å². The van der Waals surface area contributed by atoms with Gasteiger partial charge in [0, 0.05) is 41.3 Å². The summed E-state index contributed by atoms with van der Waals surface area (Å²) in [4.78, 5) is 23.0. The highest BCUT2D eigenvalue weighted by molar-refractivity contribution is 8.01. The predicted octanol–water partition coefficient (Wildman–Crippen LogP) is 3.50. The van der Waals surface area contributed by atoms with E-state index in [4.69, 9.17) is 0 Å². The first-order chi connectivity index (χ1) is 12.6. The fourth-order valence-electron chi connectivity index (χ4n) is 3.23. The zero-order valence-corrected chi connectivity index (χ0v) is 17.0. The van der Waals surface area contributed by atoms with Gasteiger partial charge in [-0.1, -0.05) is 17.8 Å². The number of amides is 1. The van der Waals surface area contributed by atoms with E-state index in [9.17, 15) is 4.79 Å². The average molecular weight is 391 g/mol. The molecule has 0 bridgehead atoms. The fraction of sp³-hybridized carbons (Fsp3) is 0.526. The minimum absolute atomic E-state index is 0.114. The number of carbonyl (C=O) groups excluding carboxylic acids is 1. The van der Waals surface area contributed by atoms with Crippen LogP contribution in [0.1, 0.15) is 36.9 Å². The molecule has 2 aromatic rings. The fourth-order valence-corrected chi connectivity index (χ4v) is 5.52. The van der Waals surface area contributed by atoms with Gasteiger partial charge in [0.1, 0.15) is 4.34 Å². The van der Waals surface area contributed by atoms with E-state index in [1.165, 1.54) is 4.34 Å². The van der Waals surface area contributed by atoms with Crippen molar-refractivity contribution in [3.63, 3.8) is 0 Å². The van der Waals surface area contributed by atoms with Crippen LogP contribution in [0.3, 0.4) is 0 Å². The third-order valence-electron chi connectivity index (χ3n) is 4.49. The van der Waals surface area contributed by atoms with Crippen molar-refractivity contribution in [1.29, 1.82) is 0 Å². The molecule has 5 nitrogen and oxygen atoms in total. The molecule has 1 amide bonds. The number of nitrogens with zero attached hydrogens (tertiary/aromatic N) is 3. The third-order valence-corrected chi connectivity index (χ3v) is 6.92. The summed E-state index contributed by atoms with van der Waals surface area (Å²) < 4.78 is 1.17. The maximum Gasteiger partial charge on any atom is 0.234 e. The molecule has 0 radical (unpaired) electrons. The van der Waals surface area contributed by atoms with Crippen LogP contribution in [-0.2, 0) is 11.3 Å². The number of thiazole rings is 1. The number of likely N-dealkylation sites (N-methyl/N-ethyl adjacent to an activating group) is 1. The van der Waals surface area contributed by atoms with E-state index in [1.807, 2.05) is 49.0 Å². The first kappa shape index (κ1) is 19.3. The van der Waals surface area contributed by atoms with Gasteiger partial charge in [-0.2, -0.15) is 0 Å². The van der Waals surface area contributed by atoms with Crippen molar-refractivity contribution >= 4 is 29.0 Å². The summed E-state index contributed by atoms with van der Waals surface area (Å²) in [5.74, 6) is 0.114. The van der Waals surface area contributed by atoms with Crippen molar-refractivity contribution in [1.82, 2.24) is 20.2 Å². The van der Waals surface area contributed by atoms with Crippen LogP contribution < -0.4 is 5.32 Å². The molecule has 0 aromatic carbocycles. The molecule has 0 saturated heterocycles. The smallest absolute Gasteiger partial charge is 0.234 e. The number of carbonyl (C=O) groups is 1. The Labute approximate surface area is 163 Å². The van der Waals surface area contributed by atoms with Gasteiger partial charge in [-0.05, 0) is 51.3 Å². The van der Waals surface area contributed by atoms with Crippen molar-refractivity contribution < 1.29 is 4.79 Å². The van der Waals surface area contributed by atoms with Gasteiger partial charge in [-0.15, -0.1) is 11.3 Å². The zero-order valence-electron chi connectivity index (χ0n) is 15.4. The van der Waals surface area contributed by atoms with Crippen LogP contribution in [0.5, 0.6) is 0 Å². The highest BCUT2D eigenvalue weighted by Gasteiger charge is 2.24. The van der Waals surface area contributed by atoms with Crippen LogP contribution in [0.15, 0.2) is 34.2 Å². The lowest BCUT2D eigenvalue weighted by molar-refractivity contribution is -0.122. The van der Waals surface area contributed by atoms with Gasteiger partial charge in [-0.3, -0.25) is 14.7 Å². The maximum atomic E-state index is 12.3. The van der Waals surface area contributed by atoms with E-state index in [-0.39, 0.29) is 5.91 Å². The monoisotopic (exact) mass is 390 g/mol. The van der Waals surface area contributed by atoms with Crippen LogP contribution in [0.4, 0.5) is 0 Å². The summed E-state index contributed by atoms with van der Waals surface area (Å²) in [5.41, 5.74) is 2.23. The zero-order chi connectivity index (χ0) is 18.4. The Bertz CT molecular complexity index is 699. The average Bonchev–Trinajstić information content (AvgIpc) is 3.02. The van der Waals surface area contributed by atoms with Crippen molar-refractivity contribution in [2.45, 2.75) is 54.8 Å². The molecular weight excluding hydrogens is 364 g/mol. The molecule has 140 valence electrons. The van der Waals surface area contributed by atoms with Gasteiger partial charge in [0.05, 0.1) is 6.54 Å². The highest BCUT2D eigenvalue weighted by Crippen LogP contribution is 2.35. The number of pyridine rings is 1. The van der Waals surface area contributed by atoms with Gasteiger partial charge in [0.2, 0.25) is 5.91 Å². The van der Waals surface area contributed by atoms with Crippen molar-refractivity contribution in [2.75, 3.05) is 13.6 Å². The van der Waals surface area contributed by atoms with E-state index in [2.05, 4.69) is 20.7 Å². The minimum atomic E-state index is 0.114. The number of thioether (sulfide) groups is 1. The Morgan fingerprint density at radius 2 is 2.19 bits per heavy atom. The quantitative estimate of drug-likeness (QED) is 0.784. The van der Waals surface area contributed by atoms with E-state index < -0.39 is 0 Å². The van der Waals surface area contributed by atoms with Crippen molar-refractivity contribution in [2.24, 2.45) is 0 Å². The molecule has 3 rings (SSSR count). The second-order valence-corrected chi connectivity index (χ2v) is 9.35. The Morgan fingerprint density at radius 1 is 1.38 bits per heavy atom. The lowest BCUT2D eigenvalue weighted by atomic mass is 9.95. The second-order valence-electron chi connectivity index (χ2n) is 6.95. The first-order valence-corrected chi connectivity index (χ1v) is 10.8. The molecule has 1 aliphatic rings. The number of rotatable bonds is 7. The molecule has 7 heteroatoms. The SMILES string of the molecule is Cc1csc(SC2CCC(NC(=O)CN(C)Cc3cccnc3)CC2)n1. The number of nitrogens with one attached hydrogen (secondary N) is 1. The third kappa shape index (κ3) is 6.07. The number of aryl methyl sites for hydroxylation is 1. The van der Waals surface area contributed by atoms with Gasteiger partial charge in [-0.25, -0.2) is 4.98 Å². The summed E-state index contributed by atoms with van der Waals surface area (Å²) >= 11 is 3.63. The van der Waals surface area contributed by atoms with E-state index in [1.54, 1.807) is 17.5 Å². The van der Waals surface area contributed by atoms with Crippen LogP contribution in [0.25, 0.3) is 0 Å². The lowest BCUT2D eigenvalue weighted by Gasteiger charge is -2.29. The first-order valence-electron chi connectivity index (χ1n) is 9.04. The summed E-state index contributed by atoms with van der Waals surface area (Å²) in [6, 6.07) is 4.26. The summed E-state index contributed by atoms with van der Waals surface area (Å²) in [6.45, 7) is 3.19. The number of aromatic nitrogens is 2. The molecular formula is C19H26N4OS2. The standard InChI is InChI=1S/C19H26N4OS2/c1-14-13-25-19(21-14)26-17-7-5-16(6-8-17)22-18(24)12-23(2)11-15-4-3-9-20-10-15/h3-4,9-10,13,16-17H,5-8,11-12H2,1-2H3,(H,22,24). The molecule has 2 aromatic heterocycles. The van der Waals surface area contributed by atoms with Crippen LogP contribution in [0.2, 0.25) is 0 Å². The maximum absolute atomic E-state index is 12.3. The molecule has 1 N–H and O–H groups in total. The van der Waals surface area contributed by atoms with Crippen LogP contribution >= 0.6 is 23.1 Å². The van der Waals surface area contributed by atoms with E-state index in [0.29, 0.717) is 17.8 Å². The second kappa shape index (κ2) is 9.48. The lowest BCUT2D eigenvalue weighted by Crippen LogP contribution is -2.42. The van der Waals surface area contributed by atoms with Crippen LogP contribution in [0, 0.1) is 6.92 Å². The number of hydrogen-bond acceptors (Lipinski definition) is 6. The molecule has 26 heavy (non-hydrogen) atoms. The van der Waals surface area contributed by atoms with Crippen molar-refractivity contribution in [3.05, 3.63) is 41.2 Å². The molecule has 0 spiro atoms. The summed E-state index contributed by atoms with van der Waals surface area (Å²) in [5, 5.41) is 5.94. The molecule has 0 unspecified atom stereocenters. The highest BCUT2D eigenvalue weighted by atomic mass is 32.2. The summed E-state index contributed by atoms with van der Waals surface area (Å²) in [6.07, 6.45) is 8.00. The summed E-state index contributed by atoms with van der Waals surface area (Å²) in [7, 11) is 1.97. The predicted molar refractivity (Wildman–Crippen MR) is 107 cm³/mol. The normalized spacial score (nSPS) is 20.3. The van der Waals surface area contributed by atoms with E-state index >= 15 is 0 Å². The Balaban J connectivity index is 1.36. The van der Waals surface area contributed by atoms with Crippen molar-refractivity contribution in [3.8, 4) is 0 Å². The van der Waals surface area contributed by atoms with Gasteiger partial charge < -0.3 is 5.32 Å². The van der Waals surface area contributed by atoms with E-state index in [0.717, 1.165) is 43.5 Å². The Kier molecular flexibility index (Phi) is 7.05. The molecule has 2 heterocycles. The minimum Gasteiger partial charge on any atom is -0.352 e. The topological polar surface area (TPSA) is 58.1 Å². The molecule has 1 saturated carbocycles. The largest absolute Gasteiger partial charge is 0.352 e. The van der Waals surface area contributed by atoms with Gasteiger partial charge in [0.25, 0.3) is 0 Å². The molecule has 0 aliphatic heterocycles. The van der Waals surface area contributed by atoms with Gasteiger partial charge >= 0.3 is 0 Å². The molecule has 1 aliphatic carbocycles. The number of hydrogen-bond donors (Lipinski definition) is 1. The molecule has 0 atom stereocenters. The Morgan fingerprint density at radius 3 is 2.85 bits per heavy atom. The molecule has 1 fully saturated rings. The van der Waals surface area contributed by atoms with Gasteiger partial charge in [0.15, 0.2) is 0 Å². The Hall–Kier alpha value is -1.44.